The van der Waals surface area contributed by atoms with Gasteiger partial charge in [-0.2, -0.15) is 13.2 Å². The minimum atomic E-state index is -4.20. The first-order valence-corrected chi connectivity index (χ1v) is 11.2. The van der Waals surface area contributed by atoms with Crippen LogP contribution in [0.4, 0.5) is 29.5 Å². The average Bonchev–Trinajstić information content (AvgIpc) is 3.22. The van der Waals surface area contributed by atoms with Gasteiger partial charge in [-0.05, 0) is 67.1 Å². The zero-order valence-corrected chi connectivity index (χ0v) is 18.9. The molecule has 1 aromatic carbocycles. The van der Waals surface area contributed by atoms with Gasteiger partial charge in [-0.25, -0.2) is 9.78 Å². The maximum atomic E-state index is 12.7. The zero-order valence-electron chi connectivity index (χ0n) is 18.9. The van der Waals surface area contributed by atoms with Gasteiger partial charge in [0.05, 0.1) is 13.2 Å². The van der Waals surface area contributed by atoms with Crippen LogP contribution in [0.1, 0.15) is 24.1 Å². The van der Waals surface area contributed by atoms with Crippen molar-refractivity contribution in [2.75, 3.05) is 49.6 Å². The van der Waals surface area contributed by atoms with E-state index in [0.717, 1.165) is 41.3 Å². The summed E-state index contributed by atoms with van der Waals surface area (Å²) in [5.41, 5.74) is 4.55. The maximum Gasteiger partial charge on any atom is 0.389 e. The van der Waals surface area contributed by atoms with E-state index in [9.17, 15) is 18.0 Å². The second-order valence-electron chi connectivity index (χ2n) is 8.83. The number of hydrogen-bond donors (Lipinski definition) is 1. The number of amides is 2. The molecule has 2 saturated heterocycles. The Hall–Kier alpha value is -2.81. The molecular weight excluding hydrogens is 433 g/mol. The summed E-state index contributed by atoms with van der Waals surface area (Å²) in [5.74, 6) is 0.359. The second kappa shape index (κ2) is 9.59. The molecule has 9 heteroatoms. The predicted octanol–water partition coefficient (Wildman–Crippen LogP) is 5.01. The standard InChI is InChI=1S/C24H29F3N4O2/c1-16-3-4-20(29-23(32)31-6-5-18(15-31)14-24(25,26)27)13-21(16)19-11-17(2)28-22(12-19)30-7-9-33-10-8-30/h3-4,11-13,18H,5-10,14-15H2,1-2H3,(H,29,32). The summed E-state index contributed by atoms with van der Waals surface area (Å²) in [5, 5.41) is 2.86. The summed E-state index contributed by atoms with van der Waals surface area (Å²) in [4.78, 5) is 21.0. The van der Waals surface area contributed by atoms with E-state index < -0.39 is 18.5 Å². The number of nitrogens with one attached hydrogen (secondary N) is 1. The molecule has 1 aromatic heterocycles. The molecule has 0 radical (unpaired) electrons. The van der Waals surface area contributed by atoms with Crippen LogP contribution in [-0.2, 0) is 4.74 Å². The molecular formula is C24H29F3N4O2. The molecule has 6 nitrogen and oxygen atoms in total. The normalized spacial score (nSPS) is 19.1. The van der Waals surface area contributed by atoms with Crippen molar-refractivity contribution in [1.29, 1.82) is 0 Å². The molecule has 1 unspecified atom stereocenters. The van der Waals surface area contributed by atoms with Crippen molar-refractivity contribution < 1.29 is 22.7 Å². The van der Waals surface area contributed by atoms with Crippen molar-refractivity contribution in [2.45, 2.75) is 32.9 Å². The number of ether oxygens (including phenoxy) is 1. The van der Waals surface area contributed by atoms with E-state index in [1.54, 1.807) is 0 Å². The smallest absolute Gasteiger partial charge is 0.378 e. The fourth-order valence-corrected chi connectivity index (χ4v) is 4.49. The second-order valence-corrected chi connectivity index (χ2v) is 8.83. The number of anilines is 2. The van der Waals surface area contributed by atoms with Crippen molar-refractivity contribution in [2.24, 2.45) is 5.92 Å². The molecule has 1 N–H and O–H groups in total. The Morgan fingerprint density at radius 3 is 2.64 bits per heavy atom. The van der Waals surface area contributed by atoms with E-state index in [0.29, 0.717) is 31.9 Å². The first-order chi connectivity index (χ1) is 15.7. The van der Waals surface area contributed by atoms with E-state index in [1.807, 2.05) is 38.1 Å². The molecule has 4 rings (SSSR count). The number of nitrogens with zero attached hydrogens (tertiary/aromatic N) is 3. The predicted molar refractivity (Wildman–Crippen MR) is 122 cm³/mol. The molecule has 0 bridgehead atoms. The van der Waals surface area contributed by atoms with Crippen molar-refractivity contribution in [3.63, 3.8) is 0 Å². The highest BCUT2D eigenvalue weighted by atomic mass is 19.4. The third-order valence-corrected chi connectivity index (χ3v) is 6.17. The lowest BCUT2D eigenvalue weighted by Gasteiger charge is -2.28. The van der Waals surface area contributed by atoms with Gasteiger partial charge in [0.1, 0.15) is 5.82 Å². The van der Waals surface area contributed by atoms with E-state index in [-0.39, 0.29) is 12.6 Å². The third-order valence-electron chi connectivity index (χ3n) is 6.17. The number of carbonyl (C=O) groups excluding carboxylic acids is 1. The Kier molecular flexibility index (Phi) is 6.78. The summed E-state index contributed by atoms with van der Waals surface area (Å²) in [6.07, 6.45) is -4.68. The number of pyridine rings is 1. The average molecular weight is 463 g/mol. The number of hydrogen-bond acceptors (Lipinski definition) is 4. The van der Waals surface area contributed by atoms with Crippen LogP contribution in [0.15, 0.2) is 30.3 Å². The number of halogens is 3. The van der Waals surface area contributed by atoms with E-state index in [2.05, 4.69) is 21.3 Å². The van der Waals surface area contributed by atoms with Gasteiger partial charge in [0.15, 0.2) is 0 Å². The topological polar surface area (TPSA) is 57.7 Å². The first-order valence-electron chi connectivity index (χ1n) is 11.2. The highest BCUT2D eigenvalue weighted by molar-refractivity contribution is 5.90. The maximum absolute atomic E-state index is 12.7. The van der Waals surface area contributed by atoms with Crippen LogP contribution in [0.5, 0.6) is 0 Å². The van der Waals surface area contributed by atoms with E-state index >= 15 is 0 Å². The van der Waals surface area contributed by atoms with Gasteiger partial charge in [-0.3, -0.25) is 0 Å². The summed E-state index contributed by atoms with van der Waals surface area (Å²) in [6, 6.07) is 9.36. The van der Waals surface area contributed by atoms with Gasteiger partial charge in [-0.15, -0.1) is 0 Å². The van der Waals surface area contributed by atoms with Crippen LogP contribution in [0, 0.1) is 19.8 Å². The summed E-state index contributed by atoms with van der Waals surface area (Å²) >= 11 is 0. The van der Waals surface area contributed by atoms with Crippen LogP contribution in [-0.4, -0.2) is 61.5 Å². The van der Waals surface area contributed by atoms with Crippen LogP contribution in [0.2, 0.25) is 0 Å². The number of likely N-dealkylation sites (tertiary alicyclic amines) is 1. The molecule has 1 atom stereocenters. The number of urea groups is 1. The molecule has 0 saturated carbocycles. The van der Waals surface area contributed by atoms with E-state index in [4.69, 9.17) is 4.74 Å². The number of carbonyl (C=O) groups is 1. The Labute approximate surface area is 191 Å². The monoisotopic (exact) mass is 462 g/mol. The van der Waals surface area contributed by atoms with Gasteiger partial charge >= 0.3 is 12.2 Å². The van der Waals surface area contributed by atoms with Crippen LogP contribution in [0.25, 0.3) is 11.1 Å². The molecule has 0 spiro atoms. The molecule has 3 heterocycles. The van der Waals surface area contributed by atoms with Gasteiger partial charge in [0, 0.05) is 44.0 Å². The third kappa shape index (κ3) is 5.96. The molecule has 2 fully saturated rings. The molecule has 0 aliphatic carbocycles. The number of alkyl halides is 3. The largest absolute Gasteiger partial charge is 0.389 e. The highest BCUT2D eigenvalue weighted by Crippen LogP contribution is 2.32. The zero-order chi connectivity index (χ0) is 23.6. The van der Waals surface area contributed by atoms with Crippen LogP contribution >= 0.6 is 0 Å². The van der Waals surface area contributed by atoms with Gasteiger partial charge in [0.2, 0.25) is 0 Å². The Balaban J connectivity index is 1.49. The molecule has 33 heavy (non-hydrogen) atoms. The quantitative estimate of drug-likeness (QED) is 0.694. The van der Waals surface area contributed by atoms with Gasteiger partial charge in [-0.1, -0.05) is 6.07 Å². The highest BCUT2D eigenvalue weighted by Gasteiger charge is 2.36. The Morgan fingerprint density at radius 2 is 1.91 bits per heavy atom. The lowest BCUT2D eigenvalue weighted by atomic mass is 9.99. The molecule has 2 aliphatic rings. The first kappa shape index (κ1) is 23.4. The van der Waals surface area contributed by atoms with Crippen molar-refractivity contribution >= 4 is 17.5 Å². The van der Waals surface area contributed by atoms with Crippen molar-refractivity contribution in [3.8, 4) is 11.1 Å². The lowest BCUT2D eigenvalue weighted by Crippen LogP contribution is -2.36. The van der Waals surface area contributed by atoms with Crippen LogP contribution < -0.4 is 10.2 Å². The fraction of sp³-hybridized carbons (Fsp3) is 0.500. The minimum absolute atomic E-state index is 0.122. The molecule has 178 valence electrons. The summed E-state index contributed by atoms with van der Waals surface area (Å²) in [7, 11) is 0. The molecule has 2 aliphatic heterocycles. The fourth-order valence-electron chi connectivity index (χ4n) is 4.49. The number of morpholine rings is 1. The Morgan fingerprint density at radius 1 is 1.15 bits per heavy atom. The van der Waals surface area contributed by atoms with E-state index in [1.165, 1.54) is 4.90 Å². The molecule has 2 amide bonds. The SMILES string of the molecule is Cc1cc(-c2cc(NC(=O)N3CCC(CC(F)(F)F)C3)ccc2C)cc(N2CCOCC2)n1. The Bertz CT molecular complexity index is 1010. The van der Waals surface area contributed by atoms with Crippen LogP contribution in [0.3, 0.4) is 0 Å². The summed E-state index contributed by atoms with van der Waals surface area (Å²) < 4.78 is 43.4. The lowest BCUT2D eigenvalue weighted by molar-refractivity contribution is -0.143. The minimum Gasteiger partial charge on any atom is -0.378 e. The van der Waals surface area contributed by atoms with Crippen molar-refractivity contribution in [3.05, 3.63) is 41.6 Å². The van der Waals surface area contributed by atoms with Gasteiger partial charge < -0.3 is 19.9 Å². The number of rotatable bonds is 4. The number of aromatic nitrogens is 1. The summed E-state index contributed by atoms with van der Waals surface area (Å²) in [6.45, 7) is 7.34. The van der Waals surface area contributed by atoms with Crippen molar-refractivity contribution in [1.82, 2.24) is 9.88 Å². The number of benzene rings is 1. The number of aryl methyl sites for hydroxylation is 2. The van der Waals surface area contributed by atoms with Gasteiger partial charge in [0.25, 0.3) is 0 Å². The molecule has 2 aromatic rings.